The molecule has 94 valence electrons. The Hall–Kier alpha value is 0.180. The molecule has 5 nitrogen and oxygen atoms in total. The molecule has 1 rings (SSSR count). The largest absolute Gasteiger partial charge is 1.00 e. The summed E-state index contributed by atoms with van der Waals surface area (Å²) in [6.07, 6.45) is 1.21. The summed E-state index contributed by atoms with van der Waals surface area (Å²) in [5.41, 5.74) is 0.255. The average molecular weight is 320 g/mol. The average Bonchev–Trinajstić information content (AvgIpc) is 2.18. The molecule has 0 saturated carbocycles. The first-order chi connectivity index (χ1) is 7.79. The van der Waals surface area contributed by atoms with Crippen LogP contribution in [0.5, 0.6) is 5.75 Å². The van der Waals surface area contributed by atoms with Crippen LogP contribution in [-0.2, 0) is 10.1 Å². The maximum absolute atomic E-state index is 10.3. The van der Waals surface area contributed by atoms with Crippen LogP contribution in [0.2, 0.25) is 10.0 Å². The van der Waals surface area contributed by atoms with E-state index in [2.05, 4.69) is 4.99 Å². The molecule has 0 aliphatic carbocycles. The van der Waals surface area contributed by atoms with Gasteiger partial charge in [-0.1, -0.05) is 23.2 Å². The van der Waals surface area contributed by atoms with Crippen LogP contribution in [-0.4, -0.2) is 36.6 Å². The second-order valence-corrected chi connectivity index (χ2v) is 5.49. The number of aliphatic imine (C=N–C) groups is 1. The number of rotatable bonds is 4. The molecule has 1 aromatic rings. The minimum atomic E-state index is -4.28. The number of phenolic OH excluding ortho intramolecular Hbond substituents is 1. The first kappa shape index (κ1) is 18.2. The molecule has 0 radical (unpaired) electrons. The van der Waals surface area contributed by atoms with Gasteiger partial charge in [-0.2, -0.15) is 0 Å². The Morgan fingerprint density at radius 1 is 1.39 bits per heavy atom. The summed E-state index contributed by atoms with van der Waals surface area (Å²) in [5.74, 6) is -0.803. The van der Waals surface area contributed by atoms with Gasteiger partial charge >= 0.3 is 29.6 Å². The first-order valence-electron chi connectivity index (χ1n) is 4.41. The van der Waals surface area contributed by atoms with Crippen LogP contribution >= 0.6 is 23.2 Å². The van der Waals surface area contributed by atoms with Crippen molar-refractivity contribution in [3.63, 3.8) is 0 Å². The number of hydrogen-bond acceptors (Lipinski definition) is 5. The quantitative estimate of drug-likeness (QED) is 0.423. The van der Waals surface area contributed by atoms with Gasteiger partial charge in [-0.05, 0) is 12.1 Å². The van der Waals surface area contributed by atoms with Gasteiger partial charge in [0.15, 0.2) is 0 Å². The number of nitrogens with zero attached hydrogens (tertiary/aromatic N) is 1. The van der Waals surface area contributed by atoms with Crippen molar-refractivity contribution in [3.05, 3.63) is 27.7 Å². The first-order valence-corrected chi connectivity index (χ1v) is 6.74. The van der Waals surface area contributed by atoms with Crippen molar-refractivity contribution in [1.29, 1.82) is 0 Å². The molecule has 0 aliphatic rings. The van der Waals surface area contributed by atoms with Gasteiger partial charge in [0.1, 0.15) is 5.75 Å². The van der Waals surface area contributed by atoms with Gasteiger partial charge in [-0.15, -0.1) is 0 Å². The van der Waals surface area contributed by atoms with Crippen LogP contribution in [0.1, 0.15) is 5.56 Å². The van der Waals surface area contributed by atoms with E-state index in [-0.39, 0.29) is 52.4 Å². The molecule has 0 aliphatic heterocycles. The van der Waals surface area contributed by atoms with Crippen molar-refractivity contribution in [2.75, 3.05) is 12.3 Å². The van der Waals surface area contributed by atoms with E-state index < -0.39 is 15.9 Å². The molecule has 0 atom stereocenters. The molecule has 9 heteroatoms. The molecule has 0 amide bonds. The normalized spacial score (nSPS) is 11.5. The van der Waals surface area contributed by atoms with Crippen molar-refractivity contribution >= 4 is 39.5 Å². The molecular weight excluding hydrogens is 312 g/mol. The van der Waals surface area contributed by atoms with Crippen molar-refractivity contribution in [1.82, 2.24) is 0 Å². The van der Waals surface area contributed by atoms with Gasteiger partial charge in [0.25, 0.3) is 0 Å². The van der Waals surface area contributed by atoms with Crippen LogP contribution < -0.4 is 29.6 Å². The molecule has 0 heterocycles. The Morgan fingerprint density at radius 3 is 2.56 bits per heavy atom. The molecule has 0 fully saturated rings. The fraction of sp³-hybridized carbons (Fsp3) is 0.222. The summed E-state index contributed by atoms with van der Waals surface area (Å²) in [6, 6.07) is 2.77. The molecule has 18 heavy (non-hydrogen) atoms. The van der Waals surface area contributed by atoms with Gasteiger partial charge in [0, 0.05) is 16.8 Å². The molecular formula is C9H8Cl2NNaO4S. The third-order valence-corrected chi connectivity index (χ3v) is 2.95. The van der Waals surface area contributed by atoms with Gasteiger partial charge in [-0.3, -0.25) is 4.99 Å². The summed E-state index contributed by atoms with van der Waals surface area (Å²) in [6.45, 7) is -0.185. The molecule has 1 aromatic carbocycles. The van der Waals surface area contributed by atoms with E-state index in [9.17, 15) is 18.1 Å². The third kappa shape index (κ3) is 6.38. The predicted molar refractivity (Wildman–Crippen MR) is 65.2 cm³/mol. The third-order valence-electron chi connectivity index (χ3n) is 1.76. The number of aromatic hydroxyl groups is 1. The van der Waals surface area contributed by atoms with E-state index in [1.807, 2.05) is 0 Å². The smallest absolute Gasteiger partial charge is 0.748 e. The molecule has 0 aromatic heterocycles. The van der Waals surface area contributed by atoms with Gasteiger partial charge in [0.2, 0.25) is 0 Å². The predicted octanol–water partition coefficient (Wildman–Crippen LogP) is -1.33. The number of halogens is 2. The van der Waals surface area contributed by atoms with Crippen LogP contribution in [0.3, 0.4) is 0 Å². The zero-order valence-electron chi connectivity index (χ0n) is 9.43. The van der Waals surface area contributed by atoms with Crippen LogP contribution in [0, 0.1) is 0 Å². The van der Waals surface area contributed by atoms with Crippen molar-refractivity contribution < 1.29 is 47.6 Å². The van der Waals surface area contributed by atoms with Crippen LogP contribution in [0.15, 0.2) is 17.1 Å². The SMILES string of the molecule is O=S(=O)([O-])CCN=Cc1cc(Cl)cc(Cl)c1O.[Na+]. The van der Waals surface area contributed by atoms with E-state index in [0.29, 0.717) is 5.02 Å². The van der Waals surface area contributed by atoms with E-state index in [0.717, 1.165) is 0 Å². The van der Waals surface area contributed by atoms with E-state index >= 15 is 0 Å². The Morgan fingerprint density at radius 2 is 2.00 bits per heavy atom. The van der Waals surface area contributed by atoms with Crippen LogP contribution in [0.4, 0.5) is 0 Å². The van der Waals surface area contributed by atoms with Crippen molar-refractivity contribution in [2.45, 2.75) is 0 Å². The summed E-state index contributed by atoms with van der Waals surface area (Å²) >= 11 is 11.4. The van der Waals surface area contributed by atoms with E-state index in [1.54, 1.807) is 0 Å². The second-order valence-electron chi connectivity index (χ2n) is 3.12. The molecule has 0 unspecified atom stereocenters. The fourth-order valence-electron chi connectivity index (χ4n) is 1.01. The zero-order valence-corrected chi connectivity index (χ0v) is 13.8. The maximum atomic E-state index is 10.3. The Labute approximate surface area is 137 Å². The van der Waals surface area contributed by atoms with Gasteiger partial charge in [0.05, 0.1) is 27.4 Å². The minimum absolute atomic E-state index is 0. The summed E-state index contributed by atoms with van der Waals surface area (Å²) in [7, 11) is -4.28. The molecule has 0 spiro atoms. The summed E-state index contributed by atoms with van der Waals surface area (Å²) in [5, 5.41) is 9.90. The van der Waals surface area contributed by atoms with Crippen LogP contribution in [0.25, 0.3) is 0 Å². The van der Waals surface area contributed by atoms with Gasteiger partial charge < -0.3 is 9.66 Å². The molecule has 0 saturated heterocycles. The monoisotopic (exact) mass is 319 g/mol. The molecule has 0 bridgehead atoms. The summed E-state index contributed by atoms with van der Waals surface area (Å²) < 4.78 is 30.9. The standard InChI is InChI=1S/C9H9Cl2NO4S.Na/c10-7-3-6(9(13)8(11)4-7)5-12-1-2-17(14,15)16;/h3-5,13H,1-2H2,(H,14,15,16);/q;+1/p-1. The van der Waals surface area contributed by atoms with Gasteiger partial charge in [-0.25, -0.2) is 8.42 Å². The molecule has 1 N–H and O–H groups in total. The maximum Gasteiger partial charge on any atom is 1.00 e. The summed E-state index contributed by atoms with van der Waals surface area (Å²) in [4.78, 5) is 3.69. The number of hydrogen-bond donors (Lipinski definition) is 1. The number of benzene rings is 1. The number of phenols is 1. The van der Waals surface area contributed by atoms with E-state index in [4.69, 9.17) is 23.2 Å². The van der Waals surface area contributed by atoms with Crippen molar-refractivity contribution in [3.8, 4) is 5.75 Å². The van der Waals surface area contributed by atoms with E-state index in [1.165, 1.54) is 18.3 Å². The Bertz CT molecular complexity index is 548. The van der Waals surface area contributed by atoms with Crippen molar-refractivity contribution in [2.24, 2.45) is 4.99 Å². The minimum Gasteiger partial charge on any atom is -0.748 e. The second kappa shape index (κ2) is 7.69. The Kier molecular flexibility index (Phi) is 7.77. The fourth-order valence-corrected chi connectivity index (χ4v) is 1.85. The topological polar surface area (TPSA) is 89.8 Å². The zero-order chi connectivity index (χ0) is 13.1. The Balaban J connectivity index is 0.00000289.